The standard InChI is InChI=1S/C30H37O3PSi/c1-35(2,3)33-30(24-16-8-4-9-17-24)29(27-22-14-7-15-23-28(27)32-30)34(31,25-18-10-5-11-19-25)26-20-12-6-13-21-26/h4-6,8-13,16-21,27-29H,7,14-15,22-23H2,1-3H3/t27-,28-,29-,30-/m1/s1. The highest BCUT2D eigenvalue weighted by atomic mass is 31.2. The van der Waals surface area contributed by atoms with Crippen molar-refractivity contribution in [2.75, 3.05) is 0 Å². The van der Waals surface area contributed by atoms with E-state index in [2.05, 4.69) is 43.9 Å². The monoisotopic (exact) mass is 504 g/mol. The minimum absolute atomic E-state index is 0.0415. The molecule has 35 heavy (non-hydrogen) atoms. The average molecular weight is 505 g/mol. The molecule has 4 atom stereocenters. The lowest BCUT2D eigenvalue weighted by Crippen LogP contribution is -2.50. The molecule has 1 heterocycles. The summed E-state index contributed by atoms with van der Waals surface area (Å²) < 4.78 is 30.2. The Morgan fingerprint density at radius 1 is 0.771 bits per heavy atom. The fourth-order valence-electron chi connectivity index (χ4n) is 6.17. The van der Waals surface area contributed by atoms with E-state index in [1.807, 2.05) is 66.7 Å². The van der Waals surface area contributed by atoms with Gasteiger partial charge < -0.3 is 13.7 Å². The van der Waals surface area contributed by atoms with Crippen molar-refractivity contribution >= 4 is 26.1 Å². The van der Waals surface area contributed by atoms with Crippen LogP contribution >= 0.6 is 7.14 Å². The number of rotatable bonds is 6. The van der Waals surface area contributed by atoms with Crippen molar-refractivity contribution in [2.24, 2.45) is 5.92 Å². The van der Waals surface area contributed by atoms with Crippen LogP contribution in [0, 0.1) is 5.92 Å². The highest BCUT2D eigenvalue weighted by Crippen LogP contribution is 2.65. The number of fused-ring (bicyclic) bond motifs is 1. The number of hydrogen-bond acceptors (Lipinski definition) is 3. The van der Waals surface area contributed by atoms with E-state index in [1.165, 1.54) is 6.42 Å². The van der Waals surface area contributed by atoms with E-state index < -0.39 is 21.2 Å². The molecule has 5 heteroatoms. The van der Waals surface area contributed by atoms with Gasteiger partial charge in [-0.3, -0.25) is 0 Å². The number of ether oxygens (including phenoxy) is 1. The summed E-state index contributed by atoms with van der Waals surface area (Å²) in [6.07, 6.45) is 5.54. The maximum absolute atomic E-state index is 15.9. The molecular formula is C30H37O3PSi. The Morgan fingerprint density at radius 2 is 1.29 bits per heavy atom. The van der Waals surface area contributed by atoms with Crippen LogP contribution in [-0.2, 0) is 19.5 Å². The molecule has 184 valence electrons. The van der Waals surface area contributed by atoms with E-state index in [1.54, 1.807) is 0 Å². The smallest absolute Gasteiger partial charge is 0.196 e. The van der Waals surface area contributed by atoms with E-state index in [-0.39, 0.29) is 17.7 Å². The predicted molar refractivity (Wildman–Crippen MR) is 148 cm³/mol. The summed E-state index contributed by atoms with van der Waals surface area (Å²) >= 11 is 0. The summed E-state index contributed by atoms with van der Waals surface area (Å²) in [6, 6.07) is 30.6. The van der Waals surface area contributed by atoms with Crippen molar-refractivity contribution < 1.29 is 13.7 Å². The molecule has 0 bridgehead atoms. The summed E-state index contributed by atoms with van der Waals surface area (Å²) in [5.41, 5.74) is 0.699. The van der Waals surface area contributed by atoms with Gasteiger partial charge in [0.05, 0.1) is 11.8 Å². The van der Waals surface area contributed by atoms with Crippen LogP contribution in [0.4, 0.5) is 0 Å². The van der Waals surface area contributed by atoms with Crippen LogP contribution in [0.2, 0.25) is 19.6 Å². The molecule has 0 unspecified atom stereocenters. The molecule has 3 nitrogen and oxygen atoms in total. The summed E-state index contributed by atoms with van der Waals surface area (Å²) in [4.78, 5) is 0. The molecule has 0 radical (unpaired) electrons. The van der Waals surface area contributed by atoms with E-state index in [0.29, 0.717) is 0 Å². The minimum atomic E-state index is -3.18. The van der Waals surface area contributed by atoms with Crippen LogP contribution in [0.1, 0.15) is 37.7 Å². The highest BCUT2D eigenvalue weighted by molar-refractivity contribution is 7.79. The molecule has 0 aromatic heterocycles. The van der Waals surface area contributed by atoms with Gasteiger partial charge in [-0.15, -0.1) is 0 Å². The molecular weight excluding hydrogens is 467 g/mol. The second kappa shape index (κ2) is 9.82. The first-order chi connectivity index (χ1) is 16.8. The van der Waals surface area contributed by atoms with Crippen molar-refractivity contribution in [2.45, 2.75) is 69.3 Å². The molecule has 0 N–H and O–H groups in total. The van der Waals surface area contributed by atoms with Crippen LogP contribution in [0.15, 0.2) is 91.0 Å². The van der Waals surface area contributed by atoms with Crippen molar-refractivity contribution in [1.29, 1.82) is 0 Å². The second-order valence-electron chi connectivity index (χ2n) is 11.0. The zero-order valence-electron chi connectivity index (χ0n) is 21.1. The van der Waals surface area contributed by atoms with Gasteiger partial charge in [0.2, 0.25) is 0 Å². The molecule has 1 saturated carbocycles. The molecule has 1 aliphatic carbocycles. The van der Waals surface area contributed by atoms with Crippen LogP contribution in [0.3, 0.4) is 0 Å². The predicted octanol–water partition coefficient (Wildman–Crippen LogP) is 7.05. The van der Waals surface area contributed by atoms with Crippen LogP contribution in [0.5, 0.6) is 0 Å². The maximum atomic E-state index is 15.9. The second-order valence-corrected chi connectivity index (χ2v) is 18.3. The number of benzene rings is 3. The van der Waals surface area contributed by atoms with Gasteiger partial charge in [0, 0.05) is 22.1 Å². The maximum Gasteiger partial charge on any atom is 0.196 e. The zero-order valence-corrected chi connectivity index (χ0v) is 23.0. The van der Waals surface area contributed by atoms with Gasteiger partial charge >= 0.3 is 0 Å². The Kier molecular flexibility index (Phi) is 6.93. The first kappa shape index (κ1) is 24.7. The zero-order chi connectivity index (χ0) is 24.5. The van der Waals surface area contributed by atoms with E-state index in [0.717, 1.165) is 41.9 Å². The molecule has 2 fully saturated rings. The van der Waals surface area contributed by atoms with Gasteiger partial charge in [0.15, 0.2) is 21.2 Å². The molecule has 2 aliphatic rings. The Labute approximate surface area is 211 Å². The molecule has 3 aromatic rings. The average Bonchev–Trinajstić information content (AvgIpc) is 3.00. The number of hydrogen-bond donors (Lipinski definition) is 0. The fourth-order valence-corrected chi connectivity index (χ4v) is 11.3. The van der Waals surface area contributed by atoms with Crippen LogP contribution in [-0.4, -0.2) is 20.1 Å². The summed E-state index contributed by atoms with van der Waals surface area (Å²) in [7, 11) is -5.30. The highest BCUT2D eigenvalue weighted by Gasteiger charge is 2.64. The third kappa shape index (κ3) is 4.62. The van der Waals surface area contributed by atoms with Gasteiger partial charge in [0.1, 0.15) is 0 Å². The molecule has 1 saturated heterocycles. The minimum Gasteiger partial charge on any atom is -0.387 e. The third-order valence-electron chi connectivity index (χ3n) is 7.43. The summed E-state index contributed by atoms with van der Waals surface area (Å²) in [5.74, 6) is -0.875. The molecule has 1 aliphatic heterocycles. The van der Waals surface area contributed by atoms with Crippen LogP contribution < -0.4 is 10.6 Å². The molecule has 0 spiro atoms. The largest absolute Gasteiger partial charge is 0.387 e. The van der Waals surface area contributed by atoms with Crippen LogP contribution in [0.25, 0.3) is 0 Å². The van der Waals surface area contributed by atoms with Gasteiger partial charge in [-0.05, 0) is 32.5 Å². The molecule has 0 amide bonds. The van der Waals surface area contributed by atoms with Gasteiger partial charge in [-0.25, -0.2) is 0 Å². The Hall–Kier alpha value is -1.97. The fraction of sp³-hybridized carbons (Fsp3) is 0.400. The molecule has 5 rings (SSSR count). The van der Waals surface area contributed by atoms with Gasteiger partial charge in [-0.1, -0.05) is 110 Å². The Bertz CT molecular complexity index is 1120. The van der Waals surface area contributed by atoms with Crippen molar-refractivity contribution in [1.82, 2.24) is 0 Å². The van der Waals surface area contributed by atoms with Crippen molar-refractivity contribution in [3.05, 3.63) is 96.6 Å². The first-order valence-electron chi connectivity index (χ1n) is 13.0. The lowest BCUT2D eigenvalue weighted by Gasteiger charge is -2.44. The summed E-state index contributed by atoms with van der Waals surface area (Å²) in [6.45, 7) is 6.63. The Morgan fingerprint density at radius 3 is 1.83 bits per heavy atom. The summed E-state index contributed by atoms with van der Waals surface area (Å²) in [5, 5.41) is 1.79. The van der Waals surface area contributed by atoms with E-state index >= 15 is 4.57 Å². The van der Waals surface area contributed by atoms with Crippen molar-refractivity contribution in [3.63, 3.8) is 0 Å². The van der Waals surface area contributed by atoms with Crippen molar-refractivity contribution in [3.8, 4) is 0 Å². The lowest BCUT2D eigenvalue weighted by molar-refractivity contribution is -0.186. The quantitative estimate of drug-likeness (QED) is 0.266. The third-order valence-corrected chi connectivity index (χ3v) is 12.0. The van der Waals surface area contributed by atoms with E-state index in [9.17, 15) is 0 Å². The van der Waals surface area contributed by atoms with E-state index in [4.69, 9.17) is 9.16 Å². The Balaban J connectivity index is 1.82. The lowest BCUT2D eigenvalue weighted by atomic mass is 9.90. The van der Waals surface area contributed by atoms with Gasteiger partial charge in [0.25, 0.3) is 0 Å². The normalized spacial score (nSPS) is 27.2. The first-order valence-corrected chi connectivity index (χ1v) is 18.2. The SMILES string of the molecule is C[Si](C)(C)O[C@@]1(c2ccccc2)O[C@@H]2CCCCC[C@H]2[C@H]1P(=O)(c1ccccc1)c1ccccc1. The molecule has 3 aromatic carbocycles. The van der Waals surface area contributed by atoms with Gasteiger partial charge in [-0.2, -0.15) is 0 Å². The topological polar surface area (TPSA) is 35.5 Å².